The van der Waals surface area contributed by atoms with Crippen LogP contribution in [-0.4, -0.2) is 87.8 Å². The molecule has 3 rings (SSSR count). The van der Waals surface area contributed by atoms with Gasteiger partial charge in [0.05, 0.1) is 18.1 Å². The van der Waals surface area contributed by atoms with Gasteiger partial charge in [0.1, 0.15) is 11.6 Å². The number of nitrogens with zero attached hydrogens (tertiary/aromatic N) is 2. The number of hydrogen-bond acceptors (Lipinski definition) is 11. The van der Waals surface area contributed by atoms with Crippen molar-refractivity contribution in [1.82, 2.24) is 10.2 Å². The Morgan fingerprint density at radius 3 is 2.50 bits per heavy atom. The first kappa shape index (κ1) is 26.7. The first-order valence-corrected chi connectivity index (χ1v) is 13.1. The zero-order chi connectivity index (χ0) is 25.2. The number of esters is 2. The Morgan fingerprint density at radius 2 is 1.97 bits per heavy atom. The molecule has 1 saturated heterocycles. The first-order chi connectivity index (χ1) is 15.9. The number of carboxylic acid groups (broad SMARTS) is 1. The van der Waals surface area contributed by atoms with E-state index in [1.165, 1.54) is 18.7 Å². The minimum Gasteiger partial charge on any atom is -0.481 e. The van der Waals surface area contributed by atoms with Gasteiger partial charge in [0.15, 0.2) is 5.17 Å². The van der Waals surface area contributed by atoms with Gasteiger partial charge in [-0.1, -0.05) is 18.7 Å². The van der Waals surface area contributed by atoms with Crippen LogP contribution < -0.4 is 5.32 Å². The van der Waals surface area contributed by atoms with Gasteiger partial charge in [0.25, 0.3) is 0 Å². The fourth-order valence-corrected chi connectivity index (χ4v) is 6.30. The highest BCUT2D eigenvalue weighted by Gasteiger charge is 2.46. The molecule has 3 N–H and O–H groups in total. The zero-order valence-corrected chi connectivity index (χ0v) is 21.7. The van der Waals surface area contributed by atoms with Crippen LogP contribution in [0, 0.1) is 17.3 Å². The number of aliphatic imine (C=N–C) groups is 1. The average Bonchev–Trinajstić information content (AvgIpc) is 3.32. The number of likely N-dealkylation sites (tertiary alicyclic amines) is 1. The van der Waals surface area contributed by atoms with Crippen LogP contribution in [0.4, 0.5) is 0 Å². The van der Waals surface area contributed by atoms with E-state index in [1.54, 1.807) is 32.5 Å². The third kappa shape index (κ3) is 6.01. The SMILES string of the molecule is C[C@H]1C(SC2CN(C3=NCCS3)C2)=C(C(=O)OCOC(=O)C(C)(C)C)NC1[C@H](C(=O)O)[C@@H](C)O. The summed E-state index contributed by atoms with van der Waals surface area (Å²) in [4.78, 5) is 44.1. The number of thioether (sulfide) groups is 2. The number of hydrogen-bond donors (Lipinski definition) is 3. The fourth-order valence-electron chi connectivity index (χ4n) is 3.93. The number of aliphatic carboxylic acids is 1. The van der Waals surface area contributed by atoms with Crippen molar-refractivity contribution in [1.29, 1.82) is 0 Å². The van der Waals surface area contributed by atoms with Crippen molar-refractivity contribution in [3.8, 4) is 0 Å². The Balaban J connectivity index is 1.71. The molecule has 3 aliphatic rings. The largest absolute Gasteiger partial charge is 0.481 e. The summed E-state index contributed by atoms with van der Waals surface area (Å²) in [5, 5.41) is 24.0. The molecular formula is C22H33N3O7S2. The topological polar surface area (TPSA) is 138 Å². The third-order valence-electron chi connectivity index (χ3n) is 5.88. The number of ether oxygens (including phenoxy) is 2. The molecule has 0 aromatic rings. The maximum Gasteiger partial charge on any atom is 0.358 e. The van der Waals surface area contributed by atoms with Gasteiger partial charge in [-0.3, -0.25) is 14.6 Å². The molecule has 3 heterocycles. The molecule has 0 aliphatic carbocycles. The molecular weight excluding hydrogens is 482 g/mol. The molecule has 0 aromatic heterocycles. The summed E-state index contributed by atoms with van der Waals surface area (Å²) in [7, 11) is 0. The molecule has 0 bridgehead atoms. The lowest BCUT2D eigenvalue weighted by Gasteiger charge is -2.40. The molecule has 0 aromatic carbocycles. The number of carbonyl (C=O) groups excluding carboxylic acids is 2. The minimum absolute atomic E-state index is 0.159. The number of rotatable bonds is 8. The van der Waals surface area contributed by atoms with Crippen molar-refractivity contribution in [3.05, 3.63) is 10.6 Å². The average molecular weight is 516 g/mol. The number of amidine groups is 1. The molecule has 1 unspecified atom stereocenters. The van der Waals surface area contributed by atoms with Gasteiger partial charge in [0.2, 0.25) is 6.79 Å². The van der Waals surface area contributed by atoms with E-state index in [-0.39, 0.29) is 16.9 Å². The summed E-state index contributed by atoms with van der Waals surface area (Å²) < 4.78 is 10.2. The molecule has 34 heavy (non-hydrogen) atoms. The van der Waals surface area contributed by atoms with Crippen LogP contribution in [-0.2, 0) is 23.9 Å². The minimum atomic E-state index is -1.15. The van der Waals surface area contributed by atoms with Crippen molar-refractivity contribution in [2.75, 3.05) is 32.2 Å². The van der Waals surface area contributed by atoms with E-state index < -0.39 is 48.2 Å². The summed E-state index contributed by atoms with van der Waals surface area (Å²) >= 11 is 3.25. The lowest BCUT2D eigenvalue weighted by Crippen LogP contribution is -2.51. The van der Waals surface area contributed by atoms with Crippen LogP contribution in [0.25, 0.3) is 0 Å². The van der Waals surface area contributed by atoms with E-state index in [9.17, 15) is 24.6 Å². The Labute approximate surface area is 207 Å². The van der Waals surface area contributed by atoms with Gasteiger partial charge in [-0.05, 0) is 27.7 Å². The van der Waals surface area contributed by atoms with Gasteiger partial charge >= 0.3 is 17.9 Å². The molecule has 10 nitrogen and oxygen atoms in total. The van der Waals surface area contributed by atoms with Crippen LogP contribution in [0.3, 0.4) is 0 Å². The summed E-state index contributed by atoms with van der Waals surface area (Å²) in [6.07, 6.45) is -1.12. The Bertz CT molecular complexity index is 878. The van der Waals surface area contributed by atoms with Gasteiger partial charge in [-0.15, -0.1) is 11.8 Å². The van der Waals surface area contributed by atoms with Gasteiger partial charge in [-0.2, -0.15) is 0 Å². The number of aliphatic hydroxyl groups is 1. The predicted molar refractivity (Wildman–Crippen MR) is 130 cm³/mol. The maximum absolute atomic E-state index is 12.9. The molecule has 0 spiro atoms. The lowest BCUT2D eigenvalue weighted by atomic mass is 9.87. The van der Waals surface area contributed by atoms with Gasteiger partial charge in [-0.25, -0.2) is 4.79 Å². The van der Waals surface area contributed by atoms with E-state index in [2.05, 4.69) is 15.2 Å². The maximum atomic E-state index is 12.9. The molecule has 1 fully saturated rings. The third-order valence-corrected chi connectivity index (χ3v) is 8.37. The van der Waals surface area contributed by atoms with Crippen LogP contribution in [0.5, 0.6) is 0 Å². The second-order valence-electron chi connectivity index (χ2n) is 9.69. The molecule has 12 heteroatoms. The van der Waals surface area contributed by atoms with Crippen LogP contribution in [0.2, 0.25) is 0 Å². The van der Waals surface area contributed by atoms with E-state index in [0.29, 0.717) is 4.91 Å². The number of nitrogens with one attached hydrogen (secondary N) is 1. The van der Waals surface area contributed by atoms with Gasteiger partial charge < -0.3 is 29.9 Å². The number of carboxylic acids is 1. The van der Waals surface area contributed by atoms with Gasteiger partial charge in [0, 0.05) is 41.0 Å². The molecule has 3 aliphatic heterocycles. The molecule has 0 radical (unpaired) electrons. The summed E-state index contributed by atoms with van der Waals surface area (Å²) in [6, 6.07) is -0.689. The summed E-state index contributed by atoms with van der Waals surface area (Å²) in [6.45, 7) is 10.2. The van der Waals surface area contributed by atoms with Crippen molar-refractivity contribution in [2.45, 2.75) is 52.0 Å². The Kier molecular flexibility index (Phi) is 8.46. The summed E-state index contributed by atoms with van der Waals surface area (Å²) in [5.41, 5.74) is -0.575. The summed E-state index contributed by atoms with van der Waals surface area (Å²) in [5.74, 6) is -2.84. The van der Waals surface area contributed by atoms with Crippen molar-refractivity contribution >= 4 is 46.6 Å². The van der Waals surface area contributed by atoms with Crippen LogP contribution >= 0.6 is 23.5 Å². The second-order valence-corrected chi connectivity index (χ2v) is 12.1. The van der Waals surface area contributed by atoms with Crippen molar-refractivity contribution < 1.29 is 34.1 Å². The standard InChI is InChI=1S/C22H33N3O7S2/c1-11-15(14(12(2)26)18(27)28)24-16(19(29)31-10-32-20(30)22(3,4)5)17(11)34-13-8-25(9-13)21-23-6-7-33-21/h11-15,24,26H,6-10H2,1-5H3,(H,27,28)/t11-,12-,14-,15?/m1/s1. The Morgan fingerprint density at radius 1 is 1.29 bits per heavy atom. The highest BCUT2D eigenvalue weighted by atomic mass is 32.2. The quantitative estimate of drug-likeness (QED) is 0.320. The van der Waals surface area contributed by atoms with Crippen molar-refractivity contribution in [3.63, 3.8) is 0 Å². The van der Waals surface area contributed by atoms with E-state index in [0.717, 1.165) is 30.6 Å². The predicted octanol–water partition coefficient (Wildman–Crippen LogP) is 1.50. The number of carbonyl (C=O) groups is 3. The fraction of sp³-hybridized carbons (Fsp3) is 0.727. The lowest BCUT2D eigenvalue weighted by molar-refractivity contribution is -0.171. The zero-order valence-electron chi connectivity index (χ0n) is 20.1. The van der Waals surface area contributed by atoms with E-state index in [4.69, 9.17) is 9.47 Å². The second kappa shape index (κ2) is 10.8. The smallest absolute Gasteiger partial charge is 0.358 e. The van der Waals surface area contributed by atoms with Crippen molar-refractivity contribution in [2.24, 2.45) is 22.2 Å². The molecule has 4 atom stereocenters. The molecule has 0 saturated carbocycles. The number of aliphatic hydroxyl groups excluding tert-OH is 1. The molecule has 0 amide bonds. The van der Waals surface area contributed by atoms with E-state index in [1.807, 2.05) is 6.92 Å². The van der Waals surface area contributed by atoms with Crippen LogP contribution in [0.15, 0.2) is 15.6 Å². The normalized spacial score (nSPS) is 24.8. The molecule has 190 valence electrons. The first-order valence-electron chi connectivity index (χ1n) is 11.2. The van der Waals surface area contributed by atoms with Crippen LogP contribution in [0.1, 0.15) is 34.6 Å². The highest BCUT2D eigenvalue weighted by molar-refractivity contribution is 8.14. The highest BCUT2D eigenvalue weighted by Crippen LogP contribution is 2.43. The van der Waals surface area contributed by atoms with E-state index >= 15 is 0 Å². The Hall–Kier alpha value is -1.92. The monoisotopic (exact) mass is 515 g/mol.